The van der Waals surface area contributed by atoms with E-state index in [1.165, 1.54) is 10.5 Å². The Bertz CT molecular complexity index is 1090. The molecule has 7 heteroatoms. The molecule has 2 heterocycles. The third-order valence-electron chi connectivity index (χ3n) is 5.60. The fourth-order valence-electron chi connectivity index (χ4n) is 4.09. The number of hydrazone groups is 1. The van der Waals surface area contributed by atoms with Crippen LogP contribution in [0, 0.1) is 0 Å². The zero-order valence-corrected chi connectivity index (χ0v) is 17.5. The van der Waals surface area contributed by atoms with Gasteiger partial charge in [-0.2, -0.15) is 5.10 Å². The lowest BCUT2D eigenvalue weighted by molar-refractivity contribution is -0.928. The lowest BCUT2D eigenvalue weighted by Gasteiger charge is -2.31. The molecule has 0 unspecified atom stereocenters. The van der Waals surface area contributed by atoms with Crippen molar-refractivity contribution in [2.24, 2.45) is 5.10 Å². The van der Waals surface area contributed by atoms with Gasteiger partial charge in [0.15, 0.2) is 6.04 Å². The minimum Gasteiger partial charge on any atom is -0.370 e. The Morgan fingerprint density at radius 1 is 1.17 bits per heavy atom. The number of para-hydroxylation sites is 1. The molecule has 7 nitrogen and oxygen atoms in total. The number of fused-ring (bicyclic) bond motifs is 1. The highest BCUT2D eigenvalue weighted by atomic mass is 16.5. The fraction of sp³-hybridized carbons (Fsp3) is 0.348. The quantitative estimate of drug-likeness (QED) is 0.484. The number of nitrogens with zero attached hydrogens (tertiary/aromatic N) is 3. The molecular weight excluding hydrogens is 378 g/mol. The Hall–Kier alpha value is -3.03. The number of benzene rings is 2. The molecule has 2 aromatic carbocycles. The molecule has 2 N–H and O–H groups in total. The van der Waals surface area contributed by atoms with E-state index in [0.717, 1.165) is 32.0 Å². The van der Waals surface area contributed by atoms with Crippen molar-refractivity contribution in [2.45, 2.75) is 26.4 Å². The summed E-state index contributed by atoms with van der Waals surface area (Å²) in [5.41, 5.74) is 5.86. The molecule has 0 amide bonds. The predicted molar refractivity (Wildman–Crippen MR) is 119 cm³/mol. The molecule has 1 atom stereocenters. The van der Waals surface area contributed by atoms with E-state index in [1.54, 1.807) is 4.57 Å². The van der Waals surface area contributed by atoms with E-state index in [9.17, 15) is 4.79 Å². The van der Waals surface area contributed by atoms with Crippen LogP contribution in [0.3, 0.4) is 0 Å². The predicted octanol–water partition coefficient (Wildman–Crippen LogP) is 1.86. The minimum atomic E-state index is -0.0585. The number of nitrogens with one attached hydrogen (secondary N) is 2. The van der Waals surface area contributed by atoms with E-state index in [4.69, 9.17) is 4.74 Å². The van der Waals surface area contributed by atoms with Crippen LogP contribution in [-0.2, 0) is 11.3 Å². The van der Waals surface area contributed by atoms with Crippen molar-refractivity contribution in [1.29, 1.82) is 0 Å². The number of anilines is 1. The van der Waals surface area contributed by atoms with Crippen molar-refractivity contribution < 1.29 is 9.64 Å². The van der Waals surface area contributed by atoms with Gasteiger partial charge in [-0.3, -0.25) is 9.36 Å². The van der Waals surface area contributed by atoms with Gasteiger partial charge in [0.2, 0.25) is 5.95 Å². The largest absolute Gasteiger partial charge is 0.370 e. The summed E-state index contributed by atoms with van der Waals surface area (Å²) in [5.74, 6) is 0.462. The molecule has 1 aliphatic rings. The van der Waals surface area contributed by atoms with Gasteiger partial charge >= 0.3 is 0 Å². The Kier molecular flexibility index (Phi) is 6.21. The lowest BCUT2D eigenvalue weighted by Crippen LogP contribution is -3.15. The van der Waals surface area contributed by atoms with Gasteiger partial charge in [0, 0.05) is 12.1 Å². The summed E-state index contributed by atoms with van der Waals surface area (Å²) in [6.45, 7) is 7.85. The van der Waals surface area contributed by atoms with Gasteiger partial charge in [0.05, 0.1) is 29.8 Å². The van der Waals surface area contributed by atoms with Gasteiger partial charge in [-0.05, 0) is 26.0 Å². The molecule has 3 aromatic rings. The van der Waals surface area contributed by atoms with E-state index < -0.39 is 0 Å². The standard InChI is InChI=1S/C23H27N5O2/c1-3-28-22(29)19-11-7-8-12-20(19)24-23(28)26-25-17(2)21(18-9-5-4-6-10-18)27-13-15-30-16-14-27/h4-12,21H,3,13-16H2,1-2H3,(H,24,26)/p+1/b25-17-/t21-/m1/s1. The molecule has 1 fully saturated rings. The van der Waals surface area contributed by atoms with Crippen LogP contribution in [0.2, 0.25) is 0 Å². The molecular formula is C23H28N5O2+. The van der Waals surface area contributed by atoms with Crippen molar-refractivity contribution in [3.63, 3.8) is 0 Å². The second-order valence-electron chi connectivity index (χ2n) is 7.48. The number of quaternary nitrogens is 1. The van der Waals surface area contributed by atoms with E-state index in [1.807, 2.05) is 44.2 Å². The molecule has 0 spiro atoms. The second-order valence-corrected chi connectivity index (χ2v) is 7.48. The molecule has 0 radical (unpaired) electrons. The molecule has 156 valence electrons. The number of hydrogen-bond donors (Lipinski definition) is 2. The second kappa shape index (κ2) is 9.19. The first-order valence-electron chi connectivity index (χ1n) is 10.5. The van der Waals surface area contributed by atoms with Gasteiger partial charge in [-0.25, -0.2) is 10.4 Å². The van der Waals surface area contributed by atoms with E-state index in [0.29, 0.717) is 23.4 Å². The van der Waals surface area contributed by atoms with Gasteiger partial charge in [0.25, 0.3) is 5.56 Å². The normalized spacial score (nSPS) is 16.5. The van der Waals surface area contributed by atoms with Gasteiger partial charge < -0.3 is 9.64 Å². The topological polar surface area (TPSA) is 72.9 Å². The average molecular weight is 407 g/mol. The summed E-state index contributed by atoms with van der Waals surface area (Å²) < 4.78 is 7.18. The van der Waals surface area contributed by atoms with E-state index in [2.05, 4.69) is 39.8 Å². The van der Waals surface area contributed by atoms with Crippen LogP contribution in [0.4, 0.5) is 5.95 Å². The van der Waals surface area contributed by atoms with Crippen LogP contribution < -0.4 is 15.9 Å². The van der Waals surface area contributed by atoms with Crippen LogP contribution in [-0.4, -0.2) is 41.6 Å². The highest BCUT2D eigenvalue weighted by Crippen LogP contribution is 2.14. The highest BCUT2D eigenvalue weighted by molar-refractivity contribution is 5.87. The van der Waals surface area contributed by atoms with Crippen LogP contribution in [0.25, 0.3) is 10.9 Å². The Morgan fingerprint density at radius 3 is 2.60 bits per heavy atom. The monoisotopic (exact) mass is 406 g/mol. The van der Waals surface area contributed by atoms with Crippen molar-refractivity contribution >= 4 is 22.6 Å². The summed E-state index contributed by atoms with van der Waals surface area (Å²) >= 11 is 0. The number of morpholine rings is 1. The minimum absolute atomic E-state index is 0.0585. The third-order valence-corrected chi connectivity index (χ3v) is 5.60. The van der Waals surface area contributed by atoms with E-state index in [-0.39, 0.29) is 11.6 Å². The first-order valence-corrected chi connectivity index (χ1v) is 10.5. The third kappa shape index (κ3) is 4.13. The zero-order valence-electron chi connectivity index (χ0n) is 17.5. The number of rotatable bonds is 6. The number of hydrogen-bond acceptors (Lipinski definition) is 5. The Morgan fingerprint density at radius 2 is 1.87 bits per heavy atom. The molecule has 30 heavy (non-hydrogen) atoms. The zero-order chi connectivity index (χ0) is 20.9. The molecule has 0 bridgehead atoms. The lowest BCUT2D eigenvalue weighted by atomic mass is 10.0. The van der Waals surface area contributed by atoms with Crippen molar-refractivity contribution in [3.05, 3.63) is 70.5 Å². The first-order chi connectivity index (χ1) is 14.7. The van der Waals surface area contributed by atoms with Crippen molar-refractivity contribution in [2.75, 3.05) is 31.7 Å². The highest BCUT2D eigenvalue weighted by Gasteiger charge is 2.29. The summed E-state index contributed by atoms with van der Waals surface area (Å²) in [6.07, 6.45) is 0. The van der Waals surface area contributed by atoms with Crippen molar-refractivity contribution in [1.82, 2.24) is 9.55 Å². The number of aromatic nitrogens is 2. The van der Waals surface area contributed by atoms with Crippen LogP contribution in [0.5, 0.6) is 0 Å². The maximum atomic E-state index is 12.8. The Labute approximate surface area is 176 Å². The van der Waals surface area contributed by atoms with Crippen molar-refractivity contribution in [3.8, 4) is 0 Å². The number of ether oxygens (including phenoxy) is 1. The molecule has 1 aliphatic heterocycles. The fourth-order valence-corrected chi connectivity index (χ4v) is 4.09. The molecule has 0 saturated carbocycles. The maximum Gasteiger partial charge on any atom is 0.262 e. The summed E-state index contributed by atoms with van der Waals surface area (Å²) in [4.78, 5) is 18.9. The van der Waals surface area contributed by atoms with E-state index >= 15 is 0 Å². The average Bonchev–Trinajstić information content (AvgIpc) is 2.79. The summed E-state index contributed by atoms with van der Waals surface area (Å²) in [5, 5.41) is 5.30. The smallest absolute Gasteiger partial charge is 0.262 e. The Balaban J connectivity index is 1.68. The van der Waals surface area contributed by atoms with Crippen LogP contribution >= 0.6 is 0 Å². The summed E-state index contributed by atoms with van der Waals surface area (Å²) in [7, 11) is 0. The molecule has 4 rings (SSSR count). The van der Waals surface area contributed by atoms with Crippen LogP contribution in [0.1, 0.15) is 25.5 Å². The summed E-state index contributed by atoms with van der Waals surface area (Å²) in [6, 6.07) is 17.9. The van der Waals surface area contributed by atoms with Gasteiger partial charge in [0.1, 0.15) is 13.1 Å². The molecule has 1 saturated heterocycles. The van der Waals surface area contributed by atoms with Gasteiger partial charge in [-0.1, -0.05) is 42.5 Å². The maximum absolute atomic E-state index is 12.8. The molecule has 0 aliphatic carbocycles. The van der Waals surface area contributed by atoms with Gasteiger partial charge in [-0.15, -0.1) is 0 Å². The SMILES string of the molecule is CCn1c(N/N=C(/C)[C@H](c2ccccc2)[NH+]2CCOCC2)nc2ccccc2c1=O. The molecule has 1 aromatic heterocycles. The van der Waals surface area contributed by atoms with Crippen LogP contribution in [0.15, 0.2) is 64.5 Å². The first kappa shape index (κ1) is 20.3.